The summed E-state index contributed by atoms with van der Waals surface area (Å²) in [5.74, 6) is 0. The first-order chi connectivity index (χ1) is 12.8. The number of nitrogens with zero attached hydrogens (tertiary/aromatic N) is 1. The summed E-state index contributed by atoms with van der Waals surface area (Å²) in [5, 5.41) is 12.1. The quantitative estimate of drug-likeness (QED) is 0.470. The van der Waals surface area contributed by atoms with Crippen molar-refractivity contribution in [2.45, 2.75) is 12.1 Å². The Morgan fingerprint density at radius 3 is 1.73 bits per heavy atom. The van der Waals surface area contributed by atoms with Crippen LogP contribution in [-0.2, 0) is 4.43 Å². The average Bonchev–Trinajstić information content (AvgIpc) is 2.73. The molecule has 3 aromatic carbocycles. The monoisotopic (exact) mass is 355 g/mol. The molecule has 3 heteroatoms. The Morgan fingerprint density at radius 1 is 0.846 bits per heavy atom. The Bertz CT molecular complexity index is 833. The van der Waals surface area contributed by atoms with Gasteiger partial charge in [-0.15, -0.1) is 6.58 Å². The molecule has 2 nitrogen and oxygen atoms in total. The highest BCUT2D eigenvalue weighted by Gasteiger charge is 2.41. The van der Waals surface area contributed by atoms with Crippen molar-refractivity contribution in [1.82, 2.24) is 0 Å². The summed E-state index contributed by atoms with van der Waals surface area (Å²) in [7, 11) is -2.66. The predicted octanol–water partition coefficient (Wildman–Crippen LogP) is 4.21. The molecule has 0 N–H and O–H groups in total. The summed E-state index contributed by atoms with van der Waals surface area (Å²) < 4.78 is 6.69. The first-order valence-electron chi connectivity index (χ1n) is 8.64. The van der Waals surface area contributed by atoms with Crippen LogP contribution in [0.2, 0.25) is 6.04 Å². The molecule has 0 fully saturated rings. The minimum absolute atomic E-state index is 0.622. The highest BCUT2D eigenvalue weighted by Crippen LogP contribution is 2.24. The van der Waals surface area contributed by atoms with Gasteiger partial charge >= 0.3 is 0 Å². The molecule has 0 aliphatic rings. The van der Waals surface area contributed by atoms with E-state index in [0.29, 0.717) is 6.04 Å². The van der Waals surface area contributed by atoms with Gasteiger partial charge in [-0.3, -0.25) is 0 Å². The fraction of sp³-hybridized carbons (Fsp3) is 0.0870. The zero-order valence-corrected chi connectivity index (χ0v) is 15.6. The van der Waals surface area contributed by atoms with E-state index < -0.39 is 14.4 Å². The van der Waals surface area contributed by atoms with Crippen molar-refractivity contribution in [3.8, 4) is 6.07 Å². The minimum atomic E-state index is -2.66. The highest BCUT2D eigenvalue weighted by atomic mass is 28.4. The smallest absolute Gasteiger partial charge is 0.261 e. The van der Waals surface area contributed by atoms with Gasteiger partial charge in [-0.1, -0.05) is 97.1 Å². The molecular weight excluding hydrogens is 334 g/mol. The Balaban J connectivity index is 2.14. The van der Waals surface area contributed by atoms with Gasteiger partial charge in [0.25, 0.3) is 8.32 Å². The lowest BCUT2D eigenvalue weighted by atomic mass is 10.1. The third-order valence-electron chi connectivity index (χ3n) is 4.45. The van der Waals surface area contributed by atoms with E-state index >= 15 is 0 Å². The topological polar surface area (TPSA) is 33.0 Å². The second kappa shape index (κ2) is 8.44. The molecule has 0 heterocycles. The molecule has 0 aromatic heterocycles. The average molecular weight is 356 g/mol. The fourth-order valence-electron chi connectivity index (χ4n) is 3.20. The molecule has 0 saturated carbocycles. The standard InChI is InChI=1S/C23H21NOSi/c1-2-18-26(21-14-8-4-9-15-21,22-16-10-5-11-17-22)25-23(19-24)20-12-6-3-7-13-20/h2-17,23H,1,18H2. The third kappa shape index (κ3) is 3.67. The Morgan fingerprint density at radius 2 is 1.31 bits per heavy atom. The van der Waals surface area contributed by atoms with E-state index in [9.17, 15) is 5.26 Å². The Hall–Kier alpha value is -2.93. The van der Waals surface area contributed by atoms with E-state index in [1.165, 1.54) is 0 Å². The largest absolute Gasteiger partial charge is 0.388 e. The van der Waals surface area contributed by atoms with Gasteiger partial charge < -0.3 is 4.43 Å². The molecule has 1 unspecified atom stereocenters. The summed E-state index contributed by atoms with van der Waals surface area (Å²) in [6, 6.07) is 33.2. The molecule has 0 radical (unpaired) electrons. The molecule has 0 spiro atoms. The Labute approximate surface area is 156 Å². The van der Waals surface area contributed by atoms with Gasteiger partial charge in [0, 0.05) is 0 Å². The molecule has 0 aliphatic heterocycles. The number of hydrogen-bond acceptors (Lipinski definition) is 2. The fourth-order valence-corrected chi connectivity index (χ4v) is 6.84. The molecular formula is C23H21NOSi. The predicted molar refractivity (Wildman–Crippen MR) is 109 cm³/mol. The normalized spacial score (nSPS) is 12.1. The maximum Gasteiger partial charge on any atom is 0.261 e. The van der Waals surface area contributed by atoms with Crippen LogP contribution in [0.4, 0.5) is 0 Å². The van der Waals surface area contributed by atoms with Gasteiger partial charge in [0.1, 0.15) is 0 Å². The lowest BCUT2D eigenvalue weighted by molar-refractivity contribution is 0.260. The van der Waals surface area contributed by atoms with Gasteiger partial charge in [0.05, 0.1) is 6.07 Å². The lowest BCUT2D eigenvalue weighted by Gasteiger charge is -2.33. The van der Waals surface area contributed by atoms with Crippen LogP contribution in [0.3, 0.4) is 0 Å². The second-order valence-electron chi connectivity index (χ2n) is 6.09. The molecule has 1 atom stereocenters. The van der Waals surface area contributed by atoms with Crippen LogP contribution in [-0.4, -0.2) is 8.32 Å². The van der Waals surface area contributed by atoms with Gasteiger partial charge in [0.2, 0.25) is 0 Å². The van der Waals surface area contributed by atoms with E-state index in [1.807, 2.05) is 72.8 Å². The first-order valence-corrected chi connectivity index (χ1v) is 10.8. The van der Waals surface area contributed by atoms with Crippen molar-refractivity contribution in [2.24, 2.45) is 0 Å². The van der Waals surface area contributed by atoms with Gasteiger partial charge in [0.15, 0.2) is 6.10 Å². The summed E-state index contributed by atoms with van der Waals surface area (Å²) in [6.45, 7) is 3.97. The van der Waals surface area contributed by atoms with E-state index in [4.69, 9.17) is 4.43 Å². The van der Waals surface area contributed by atoms with Gasteiger partial charge in [-0.2, -0.15) is 5.26 Å². The van der Waals surface area contributed by atoms with E-state index in [2.05, 4.69) is 36.9 Å². The van der Waals surface area contributed by atoms with Gasteiger partial charge in [-0.05, 0) is 22.0 Å². The zero-order valence-electron chi connectivity index (χ0n) is 14.6. The van der Waals surface area contributed by atoms with E-state index in [1.54, 1.807) is 0 Å². The molecule has 3 aromatic rings. The summed E-state index contributed by atoms with van der Waals surface area (Å²) in [5.41, 5.74) is 0.878. The summed E-state index contributed by atoms with van der Waals surface area (Å²) >= 11 is 0. The molecule has 128 valence electrons. The van der Waals surface area contributed by atoms with Crippen molar-refractivity contribution >= 4 is 18.7 Å². The molecule has 0 saturated heterocycles. The summed E-state index contributed by atoms with van der Waals surface area (Å²) in [6.07, 6.45) is 1.29. The first kappa shape index (κ1) is 17.9. The number of allylic oxidation sites excluding steroid dienone is 1. The number of hydrogen-bond donors (Lipinski definition) is 0. The van der Waals surface area contributed by atoms with Crippen LogP contribution in [0, 0.1) is 11.3 Å². The SMILES string of the molecule is C=CC[Si](OC(C#N)c1ccccc1)(c1ccccc1)c1ccccc1. The van der Waals surface area contributed by atoms with Crippen LogP contribution in [0.1, 0.15) is 11.7 Å². The lowest BCUT2D eigenvalue weighted by Crippen LogP contribution is -2.60. The van der Waals surface area contributed by atoms with Crippen molar-refractivity contribution in [2.75, 3.05) is 0 Å². The molecule has 0 amide bonds. The molecule has 0 aliphatic carbocycles. The second-order valence-corrected chi connectivity index (χ2v) is 9.54. The Kier molecular flexibility index (Phi) is 5.80. The van der Waals surface area contributed by atoms with E-state index in [-0.39, 0.29) is 0 Å². The maximum absolute atomic E-state index is 9.83. The van der Waals surface area contributed by atoms with E-state index in [0.717, 1.165) is 15.9 Å². The molecule has 3 rings (SSSR count). The van der Waals surface area contributed by atoms with Gasteiger partial charge in [-0.25, -0.2) is 0 Å². The zero-order chi connectivity index (χ0) is 18.2. The minimum Gasteiger partial charge on any atom is -0.388 e. The maximum atomic E-state index is 9.83. The van der Waals surface area contributed by atoms with Crippen LogP contribution in [0.5, 0.6) is 0 Å². The molecule has 26 heavy (non-hydrogen) atoms. The van der Waals surface area contributed by atoms with Crippen LogP contribution in [0.15, 0.2) is 104 Å². The van der Waals surface area contributed by atoms with Crippen LogP contribution < -0.4 is 10.4 Å². The van der Waals surface area contributed by atoms with Crippen molar-refractivity contribution < 1.29 is 4.43 Å². The van der Waals surface area contributed by atoms with Crippen molar-refractivity contribution in [3.05, 3.63) is 109 Å². The summed E-state index contributed by atoms with van der Waals surface area (Å²) in [4.78, 5) is 0. The van der Waals surface area contributed by atoms with Crippen LogP contribution in [0.25, 0.3) is 0 Å². The van der Waals surface area contributed by atoms with Crippen molar-refractivity contribution in [1.29, 1.82) is 5.26 Å². The highest BCUT2D eigenvalue weighted by molar-refractivity contribution is 6.97. The van der Waals surface area contributed by atoms with Crippen molar-refractivity contribution in [3.63, 3.8) is 0 Å². The molecule has 0 bridgehead atoms. The number of nitriles is 1. The number of rotatable bonds is 7. The third-order valence-corrected chi connectivity index (χ3v) is 8.48. The number of benzene rings is 3. The van der Waals surface area contributed by atoms with Crippen LogP contribution >= 0.6 is 0 Å².